The van der Waals surface area contributed by atoms with Crippen LogP contribution in [0.15, 0.2) is 24.3 Å². The van der Waals surface area contributed by atoms with Gasteiger partial charge in [0.15, 0.2) is 0 Å². The van der Waals surface area contributed by atoms with Crippen molar-refractivity contribution in [3.8, 4) is 0 Å². The molecular formula is C15H21NOS. The Morgan fingerprint density at radius 3 is 2.78 bits per heavy atom. The lowest BCUT2D eigenvalue weighted by Gasteiger charge is -2.10. The molecule has 0 bridgehead atoms. The summed E-state index contributed by atoms with van der Waals surface area (Å²) in [5.41, 5.74) is 1.84. The first-order chi connectivity index (χ1) is 8.77. The molecule has 0 atom stereocenters. The van der Waals surface area contributed by atoms with Crippen LogP contribution in [0.25, 0.3) is 0 Å². The van der Waals surface area contributed by atoms with E-state index < -0.39 is 0 Å². The van der Waals surface area contributed by atoms with Crippen molar-refractivity contribution < 1.29 is 4.79 Å². The number of benzene rings is 1. The Bertz CT molecular complexity index is 399. The summed E-state index contributed by atoms with van der Waals surface area (Å²) in [5, 5.41) is 3.84. The van der Waals surface area contributed by atoms with Crippen molar-refractivity contribution in [3.05, 3.63) is 35.4 Å². The van der Waals surface area contributed by atoms with Crippen molar-refractivity contribution in [3.63, 3.8) is 0 Å². The first-order valence-corrected chi connectivity index (χ1v) is 7.77. The molecule has 0 unspecified atom stereocenters. The van der Waals surface area contributed by atoms with Crippen LogP contribution in [-0.2, 0) is 0 Å². The maximum absolute atomic E-state index is 11.9. The number of hydrogen-bond acceptors (Lipinski definition) is 2. The summed E-state index contributed by atoms with van der Waals surface area (Å²) in [6.07, 6.45) is 5.48. The molecule has 0 aliphatic heterocycles. The van der Waals surface area contributed by atoms with Gasteiger partial charge in [0.05, 0.1) is 0 Å². The highest BCUT2D eigenvalue weighted by Crippen LogP contribution is 2.28. The van der Waals surface area contributed by atoms with E-state index in [0.717, 1.165) is 28.7 Å². The van der Waals surface area contributed by atoms with Crippen LogP contribution in [0.5, 0.6) is 0 Å². The van der Waals surface area contributed by atoms with E-state index >= 15 is 0 Å². The van der Waals surface area contributed by atoms with Gasteiger partial charge in [-0.1, -0.05) is 31.0 Å². The summed E-state index contributed by atoms with van der Waals surface area (Å²) >= 11 is 2.01. The molecule has 1 aromatic carbocycles. The summed E-state index contributed by atoms with van der Waals surface area (Å²) < 4.78 is 0. The molecule has 3 heteroatoms. The molecule has 1 N–H and O–H groups in total. The molecule has 0 aromatic heterocycles. The number of thioether (sulfide) groups is 1. The Hall–Kier alpha value is -0.960. The lowest BCUT2D eigenvalue weighted by atomic mass is 10.1. The van der Waals surface area contributed by atoms with Crippen molar-refractivity contribution in [2.75, 3.05) is 12.3 Å². The molecule has 0 saturated heterocycles. The Balaban J connectivity index is 1.70. The fourth-order valence-electron chi connectivity index (χ4n) is 2.37. The van der Waals surface area contributed by atoms with Gasteiger partial charge in [-0.15, -0.1) is 0 Å². The second-order valence-corrected chi connectivity index (χ2v) is 6.26. The van der Waals surface area contributed by atoms with Gasteiger partial charge < -0.3 is 5.32 Å². The van der Waals surface area contributed by atoms with Crippen molar-refractivity contribution in [1.82, 2.24) is 5.32 Å². The van der Waals surface area contributed by atoms with Crippen molar-refractivity contribution in [2.45, 2.75) is 37.9 Å². The number of hydrogen-bond donors (Lipinski definition) is 1. The monoisotopic (exact) mass is 263 g/mol. The van der Waals surface area contributed by atoms with Crippen molar-refractivity contribution in [1.29, 1.82) is 0 Å². The zero-order valence-electron chi connectivity index (χ0n) is 10.9. The maximum atomic E-state index is 11.9. The molecule has 98 valence electrons. The standard InChI is InChI=1S/C15H21NOS/c1-12-6-2-5-9-14(12)15(17)16-10-11-18-13-7-3-4-8-13/h2,5-6,9,13H,3-4,7-8,10-11H2,1H3,(H,16,17). The molecule has 1 aromatic rings. The summed E-state index contributed by atoms with van der Waals surface area (Å²) in [6, 6.07) is 7.73. The van der Waals surface area contributed by atoms with E-state index in [9.17, 15) is 4.79 Å². The van der Waals surface area contributed by atoms with Gasteiger partial charge in [-0.05, 0) is 31.4 Å². The highest BCUT2D eigenvalue weighted by molar-refractivity contribution is 7.99. The molecule has 18 heavy (non-hydrogen) atoms. The third-order valence-electron chi connectivity index (χ3n) is 3.43. The normalized spacial score (nSPS) is 15.8. The molecule has 1 saturated carbocycles. The predicted octanol–water partition coefficient (Wildman–Crippen LogP) is 3.40. The van der Waals surface area contributed by atoms with E-state index in [1.807, 2.05) is 43.0 Å². The van der Waals surface area contributed by atoms with Crippen LogP contribution in [0.2, 0.25) is 0 Å². The molecule has 1 amide bonds. The largest absolute Gasteiger partial charge is 0.351 e. The lowest BCUT2D eigenvalue weighted by Crippen LogP contribution is -2.26. The van der Waals surface area contributed by atoms with Crippen LogP contribution in [0, 0.1) is 6.92 Å². The molecule has 1 fully saturated rings. The highest BCUT2D eigenvalue weighted by Gasteiger charge is 2.15. The van der Waals surface area contributed by atoms with Crippen LogP contribution < -0.4 is 5.32 Å². The lowest BCUT2D eigenvalue weighted by molar-refractivity contribution is 0.0955. The van der Waals surface area contributed by atoms with Gasteiger partial charge in [0.1, 0.15) is 0 Å². The Morgan fingerprint density at radius 1 is 1.33 bits per heavy atom. The smallest absolute Gasteiger partial charge is 0.251 e. The maximum Gasteiger partial charge on any atom is 0.251 e. The van der Waals surface area contributed by atoms with E-state index in [1.165, 1.54) is 25.7 Å². The molecule has 2 rings (SSSR count). The van der Waals surface area contributed by atoms with Crippen molar-refractivity contribution >= 4 is 17.7 Å². The number of carbonyl (C=O) groups excluding carboxylic acids is 1. The summed E-state index contributed by atoms with van der Waals surface area (Å²) in [5.74, 6) is 1.09. The van der Waals surface area contributed by atoms with Crippen LogP contribution >= 0.6 is 11.8 Å². The fourth-order valence-corrected chi connectivity index (χ4v) is 3.59. The second-order valence-electron chi connectivity index (χ2n) is 4.85. The van der Waals surface area contributed by atoms with Gasteiger partial charge >= 0.3 is 0 Å². The first-order valence-electron chi connectivity index (χ1n) is 6.73. The topological polar surface area (TPSA) is 29.1 Å². The number of carbonyl (C=O) groups is 1. The van der Waals surface area contributed by atoms with Crippen LogP contribution in [0.3, 0.4) is 0 Å². The molecule has 0 radical (unpaired) electrons. The minimum absolute atomic E-state index is 0.0557. The first kappa shape index (κ1) is 13.5. The second kappa shape index (κ2) is 6.83. The highest BCUT2D eigenvalue weighted by atomic mass is 32.2. The Labute approximate surface area is 114 Å². The van der Waals surface area contributed by atoms with E-state index in [4.69, 9.17) is 0 Å². The number of aryl methyl sites for hydroxylation is 1. The van der Waals surface area contributed by atoms with Crippen molar-refractivity contribution in [2.24, 2.45) is 0 Å². The Kier molecular flexibility index (Phi) is 5.12. The zero-order valence-corrected chi connectivity index (χ0v) is 11.8. The minimum atomic E-state index is 0.0557. The van der Waals surface area contributed by atoms with E-state index in [0.29, 0.717) is 0 Å². The molecule has 0 spiro atoms. The van der Waals surface area contributed by atoms with Gasteiger partial charge in [-0.2, -0.15) is 11.8 Å². The fraction of sp³-hybridized carbons (Fsp3) is 0.533. The zero-order chi connectivity index (χ0) is 12.8. The average molecular weight is 263 g/mol. The van der Waals surface area contributed by atoms with Crippen LogP contribution in [-0.4, -0.2) is 23.5 Å². The molecule has 2 nitrogen and oxygen atoms in total. The summed E-state index contributed by atoms with van der Waals surface area (Å²) in [6.45, 7) is 2.75. The number of rotatable bonds is 5. The predicted molar refractivity (Wildman–Crippen MR) is 78.2 cm³/mol. The molecule has 1 aliphatic carbocycles. The van der Waals surface area contributed by atoms with Crippen LogP contribution in [0.4, 0.5) is 0 Å². The van der Waals surface area contributed by atoms with E-state index in [-0.39, 0.29) is 5.91 Å². The van der Waals surface area contributed by atoms with Gasteiger partial charge in [0, 0.05) is 23.1 Å². The minimum Gasteiger partial charge on any atom is -0.351 e. The summed E-state index contributed by atoms with van der Waals surface area (Å²) in [7, 11) is 0. The molecular weight excluding hydrogens is 242 g/mol. The quantitative estimate of drug-likeness (QED) is 0.825. The van der Waals surface area contributed by atoms with Gasteiger partial charge in [-0.25, -0.2) is 0 Å². The average Bonchev–Trinajstić information content (AvgIpc) is 2.88. The van der Waals surface area contributed by atoms with Gasteiger partial charge in [0.2, 0.25) is 0 Å². The molecule has 0 heterocycles. The number of nitrogens with one attached hydrogen (secondary N) is 1. The summed E-state index contributed by atoms with van der Waals surface area (Å²) in [4.78, 5) is 11.9. The van der Waals surface area contributed by atoms with E-state index in [1.54, 1.807) is 0 Å². The Morgan fingerprint density at radius 2 is 2.06 bits per heavy atom. The SMILES string of the molecule is Cc1ccccc1C(=O)NCCSC1CCCC1. The third kappa shape index (κ3) is 3.77. The van der Waals surface area contributed by atoms with Crippen LogP contribution in [0.1, 0.15) is 41.6 Å². The third-order valence-corrected chi connectivity index (χ3v) is 4.82. The van der Waals surface area contributed by atoms with Gasteiger partial charge in [-0.3, -0.25) is 4.79 Å². The molecule has 1 aliphatic rings. The van der Waals surface area contributed by atoms with Gasteiger partial charge in [0.25, 0.3) is 5.91 Å². The number of amides is 1. The van der Waals surface area contributed by atoms with E-state index in [2.05, 4.69) is 5.32 Å².